The molecule has 4 rings (SSSR count). The van der Waals surface area contributed by atoms with E-state index in [2.05, 4.69) is 26.6 Å². The highest BCUT2D eigenvalue weighted by atomic mass is 35.5. The van der Waals surface area contributed by atoms with E-state index in [0.717, 1.165) is 62.6 Å². The second kappa shape index (κ2) is 11.9. The van der Waals surface area contributed by atoms with Gasteiger partial charge in [0.25, 0.3) is 0 Å². The number of aryl methyl sites for hydroxylation is 3. The minimum Gasteiger partial charge on any atom is -0.494 e. The summed E-state index contributed by atoms with van der Waals surface area (Å²) in [5.41, 5.74) is 1.50. The molecule has 0 saturated carbocycles. The fraction of sp³-hybridized carbons (Fsp3) is 0.464. The van der Waals surface area contributed by atoms with E-state index in [0.29, 0.717) is 23.8 Å². The molecule has 3 aromatic rings. The molecule has 1 fully saturated rings. The number of nitrogens with zero attached hydrogens (tertiary/aromatic N) is 3. The summed E-state index contributed by atoms with van der Waals surface area (Å²) >= 11 is 6.25. The Morgan fingerprint density at radius 1 is 1.06 bits per heavy atom. The number of benzene rings is 2. The van der Waals surface area contributed by atoms with E-state index in [-0.39, 0.29) is 6.61 Å². The lowest BCUT2D eigenvalue weighted by Crippen LogP contribution is -2.37. The first-order chi connectivity index (χ1) is 16.9. The summed E-state index contributed by atoms with van der Waals surface area (Å²) < 4.78 is 14.0. The van der Waals surface area contributed by atoms with Gasteiger partial charge in [0.2, 0.25) is 0 Å². The summed E-state index contributed by atoms with van der Waals surface area (Å²) in [6.45, 7) is 8.51. The van der Waals surface area contributed by atoms with Crippen LogP contribution in [0.2, 0.25) is 5.02 Å². The van der Waals surface area contributed by atoms with Crippen molar-refractivity contribution in [2.75, 3.05) is 26.3 Å². The largest absolute Gasteiger partial charge is 0.494 e. The zero-order valence-corrected chi connectivity index (χ0v) is 21.5. The average Bonchev–Trinajstić information content (AvgIpc) is 3.17. The third-order valence-corrected chi connectivity index (χ3v) is 6.97. The lowest BCUT2D eigenvalue weighted by molar-refractivity contribution is -0.0168. The molecule has 0 aliphatic carbocycles. The Morgan fingerprint density at radius 2 is 1.89 bits per heavy atom. The molecule has 7 heteroatoms. The summed E-state index contributed by atoms with van der Waals surface area (Å²) in [5, 5.41) is 11.7. The topological polar surface area (TPSA) is 59.8 Å². The SMILES string of the molecule is Cc1ccc(Cl)c(OC[C@@]2(O)CCCN(Cc3ccc(OCCCn4ccnc4C)cc3)CC2)c1. The van der Waals surface area contributed by atoms with Crippen LogP contribution in [0.4, 0.5) is 0 Å². The van der Waals surface area contributed by atoms with Crippen molar-refractivity contribution in [3.8, 4) is 11.5 Å². The van der Waals surface area contributed by atoms with Gasteiger partial charge in [0.05, 0.1) is 17.2 Å². The van der Waals surface area contributed by atoms with Gasteiger partial charge < -0.3 is 19.1 Å². The van der Waals surface area contributed by atoms with Gasteiger partial charge in [0.15, 0.2) is 0 Å². The molecule has 0 spiro atoms. The molecule has 1 atom stereocenters. The molecule has 2 aromatic carbocycles. The Bertz CT molecular complexity index is 1090. The van der Waals surface area contributed by atoms with Crippen molar-refractivity contribution in [2.24, 2.45) is 0 Å². The van der Waals surface area contributed by atoms with Crippen LogP contribution >= 0.6 is 11.6 Å². The van der Waals surface area contributed by atoms with Crippen LogP contribution in [0.25, 0.3) is 0 Å². The number of aromatic nitrogens is 2. The number of aliphatic hydroxyl groups is 1. The van der Waals surface area contributed by atoms with Crippen LogP contribution in [0.3, 0.4) is 0 Å². The van der Waals surface area contributed by atoms with Crippen LogP contribution in [0.1, 0.15) is 42.6 Å². The van der Waals surface area contributed by atoms with E-state index in [9.17, 15) is 5.11 Å². The molecule has 0 amide bonds. The molecule has 2 heterocycles. The van der Waals surface area contributed by atoms with E-state index in [1.165, 1.54) is 5.56 Å². The quantitative estimate of drug-likeness (QED) is 0.379. The standard InChI is InChI=1S/C28H36ClN3O3/c1-22-5-10-26(29)27(19-22)35-21-28(33)11-3-14-31(16-12-28)20-24-6-8-25(9-7-24)34-18-4-15-32-17-13-30-23(32)2/h5-10,13,17,19,33H,3-4,11-12,14-16,18,20-21H2,1-2H3/t28-/m1/s1. The first-order valence-corrected chi connectivity index (χ1v) is 12.8. The van der Waals surface area contributed by atoms with Gasteiger partial charge in [-0.25, -0.2) is 4.98 Å². The van der Waals surface area contributed by atoms with Crippen LogP contribution < -0.4 is 9.47 Å². The molecule has 1 saturated heterocycles. The van der Waals surface area contributed by atoms with Crippen molar-refractivity contribution in [1.29, 1.82) is 0 Å². The van der Waals surface area contributed by atoms with Gasteiger partial charge >= 0.3 is 0 Å². The maximum absolute atomic E-state index is 11.2. The van der Waals surface area contributed by atoms with Gasteiger partial charge in [-0.15, -0.1) is 0 Å². The first kappa shape index (κ1) is 25.5. The zero-order chi connectivity index (χ0) is 24.7. The monoisotopic (exact) mass is 497 g/mol. The van der Waals surface area contributed by atoms with E-state index in [1.807, 2.05) is 56.6 Å². The molecule has 1 aliphatic rings. The number of hydrogen-bond donors (Lipinski definition) is 1. The number of rotatable bonds is 10. The van der Waals surface area contributed by atoms with Gasteiger partial charge in [0, 0.05) is 32.0 Å². The Balaban J connectivity index is 1.21. The van der Waals surface area contributed by atoms with E-state index in [1.54, 1.807) is 0 Å². The number of likely N-dealkylation sites (tertiary alicyclic amines) is 1. The molecular weight excluding hydrogens is 462 g/mol. The average molecular weight is 498 g/mol. The van der Waals surface area contributed by atoms with Crippen LogP contribution in [-0.2, 0) is 13.1 Å². The molecule has 35 heavy (non-hydrogen) atoms. The number of halogens is 1. The Morgan fingerprint density at radius 3 is 2.66 bits per heavy atom. The molecule has 1 aliphatic heterocycles. The van der Waals surface area contributed by atoms with Crippen LogP contribution in [-0.4, -0.2) is 51.5 Å². The molecule has 0 radical (unpaired) electrons. The summed E-state index contributed by atoms with van der Waals surface area (Å²) in [7, 11) is 0. The second-order valence-corrected chi connectivity index (χ2v) is 10.00. The van der Waals surface area contributed by atoms with Gasteiger partial charge in [-0.3, -0.25) is 4.90 Å². The minimum absolute atomic E-state index is 0.260. The zero-order valence-electron chi connectivity index (χ0n) is 20.8. The lowest BCUT2D eigenvalue weighted by atomic mass is 9.96. The molecule has 0 bridgehead atoms. The van der Waals surface area contributed by atoms with Crippen molar-refractivity contribution in [3.63, 3.8) is 0 Å². The lowest BCUT2D eigenvalue weighted by Gasteiger charge is -2.27. The fourth-order valence-corrected chi connectivity index (χ4v) is 4.66. The third kappa shape index (κ3) is 7.47. The van der Waals surface area contributed by atoms with Gasteiger partial charge in [0.1, 0.15) is 23.9 Å². The highest BCUT2D eigenvalue weighted by Gasteiger charge is 2.31. The second-order valence-electron chi connectivity index (χ2n) is 9.59. The molecule has 0 unspecified atom stereocenters. The van der Waals surface area contributed by atoms with E-state index in [4.69, 9.17) is 21.1 Å². The number of ether oxygens (including phenoxy) is 2. The fourth-order valence-electron chi connectivity index (χ4n) is 4.48. The highest BCUT2D eigenvalue weighted by molar-refractivity contribution is 6.32. The highest BCUT2D eigenvalue weighted by Crippen LogP contribution is 2.29. The van der Waals surface area contributed by atoms with Crippen LogP contribution in [0.5, 0.6) is 11.5 Å². The molecule has 188 valence electrons. The predicted molar refractivity (Wildman–Crippen MR) is 139 cm³/mol. The molecule has 6 nitrogen and oxygen atoms in total. The normalized spacial score (nSPS) is 18.9. The predicted octanol–water partition coefficient (Wildman–Crippen LogP) is 5.42. The van der Waals surface area contributed by atoms with E-state index >= 15 is 0 Å². The van der Waals surface area contributed by atoms with Crippen molar-refractivity contribution < 1.29 is 14.6 Å². The summed E-state index contributed by atoms with van der Waals surface area (Å²) in [5.74, 6) is 2.57. The molecular formula is C28H36ClN3O3. The molecule has 1 N–H and O–H groups in total. The Hall–Kier alpha value is -2.54. The van der Waals surface area contributed by atoms with Crippen LogP contribution in [0, 0.1) is 13.8 Å². The number of imidazole rings is 1. The molecule has 1 aromatic heterocycles. The Labute approximate surface area is 213 Å². The maximum Gasteiger partial charge on any atom is 0.138 e. The van der Waals surface area contributed by atoms with Crippen LogP contribution in [0.15, 0.2) is 54.9 Å². The van der Waals surface area contributed by atoms with E-state index < -0.39 is 5.60 Å². The first-order valence-electron chi connectivity index (χ1n) is 12.4. The maximum atomic E-state index is 11.2. The summed E-state index contributed by atoms with van der Waals surface area (Å²) in [4.78, 5) is 6.65. The Kier molecular flexibility index (Phi) is 8.71. The third-order valence-electron chi connectivity index (χ3n) is 6.66. The van der Waals surface area contributed by atoms with Gasteiger partial charge in [-0.2, -0.15) is 0 Å². The van der Waals surface area contributed by atoms with Gasteiger partial charge in [-0.1, -0.05) is 29.8 Å². The van der Waals surface area contributed by atoms with Gasteiger partial charge in [-0.05, 0) is 81.5 Å². The minimum atomic E-state index is -0.839. The summed E-state index contributed by atoms with van der Waals surface area (Å²) in [6, 6.07) is 14.1. The number of hydrogen-bond acceptors (Lipinski definition) is 5. The smallest absolute Gasteiger partial charge is 0.138 e. The van der Waals surface area contributed by atoms with Crippen molar-refractivity contribution in [3.05, 3.63) is 76.8 Å². The summed E-state index contributed by atoms with van der Waals surface area (Å²) in [6.07, 6.45) is 7.09. The van der Waals surface area contributed by atoms with Crippen molar-refractivity contribution >= 4 is 11.6 Å². The van der Waals surface area contributed by atoms with Crippen molar-refractivity contribution in [1.82, 2.24) is 14.5 Å². The van der Waals surface area contributed by atoms with Crippen molar-refractivity contribution in [2.45, 2.75) is 58.2 Å².